The number of ether oxygens (including phenoxy) is 1. The van der Waals surface area contributed by atoms with E-state index in [2.05, 4.69) is 39.1 Å². The second-order valence-electron chi connectivity index (χ2n) is 10.1. The van der Waals surface area contributed by atoms with Crippen LogP contribution in [0.3, 0.4) is 0 Å². The first-order valence-corrected chi connectivity index (χ1v) is 15.4. The second-order valence-corrected chi connectivity index (χ2v) is 12.1. The van der Waals surface area contributed by atoms with Crippen LogP contribution in [0.4, 0.5) is 5.69 Å². The molecule has 3 aromatic rings. The van der Waals surface area contributed by atoms with Crippen molar-refractivity contribution in [3.05, 3.63) is 81.7 Å². The first kappa shape index (κ1) is 30.7. The molecule has 0 spiro atoms. The van der Waals surface area contributed by atoms with Crippen molar-refractivity contribution in [2.75, 3.05) is 38.6 Å². The number of carbonyl (C=O) groups is 3. The van der Waals surface area contributed by atoms with E-state index >= 15 is 0 Å². The van der Waals surface area contributed by atoms with Crippen molar-refractivity contribution in [2.45, 2.75) is 38.3 Å². The number of nitrogens with one attached hydrogen (secondary N) is 3. The van der Waals surface area contributed by atoms with Crippen LogP contribution >= 0.6 is 0 Å². The third-order valence-electron chi connectivity index (χ3n) is 7.46. The van der Waals surface area contributed by atoms with Gasteiger partial charge in [-0.1, -0.05) is 26.0 Å². The normalized spacial score (nSPS) is 13.8. The second kappa shape index (κ2) is 12.7. The molecule has 0 bridgehead atoms. The van der Waals surface area contributed by atoms with Gasteiger partial charge in [0, 0.05) is 35.7 Å². The molecule has 2 amide bonds. The maximum atomic E-state index is 13.3. The Morgan fingerprint density at radius 1 is 1.05 bits per heavy atom. The Labute approximate surface area is 246 Å². The van der Waals surface area contributed by atoms with Crippen LogP contribution in [0.15, 0.2) is 47.4 Å². The number of esters is 1. The predicted octanol–water partition coefficient (Wildman–Crippen LogP) is 3.96. The van der Waals surface area contributed by atoms with E-state index in [-0.39, 0.29) is 22.5 Å². The molecule has 1 aromatic heterocycles. The average Bonchev–Trinajstić information content (AvgIpc) is 3.44. The summed E-state index contributed by atoms with van der Waals surface area (Å²) in [4.78, 5) is 43.1. The van der Waals surface area contributed by atoms with Crippen LogP contribution in [0.1, 0.15) is 62.6 Å². The van der Waals surface area contributed by atoms with Crippen molar-refractivity contribution in [1.29, 1.82) is 0 Å². The third kappa shape index (κ3) is 6.47. The molecule has 1 aliphatic rings. The van der Waals surface area contributed by atoms with Crippen LogP contribution in [-0.2, 0) is 25.1 Å². The molecular weight excluding hydrogens is 556 g/mol. The van der Waals surface area contributed by atoms with E-state index in [4.69, 9.17) is 0 Å². The molecule has 0 atom stereocenters. The maximum Gasteiger partial charge on any atom is 0.337 e. The fraction of sp³-hybridized carbons (Fsp3) is 0.323. The summed E-state index contributed by atoms with van der Waals surface area (Å²) in [7, 11) is -2.50. The summed E-state index contributed by atoms with van der Waals surface area (Å²) >= 11 is 0. The Balaban J connectivity index is 1.58. The number of aromatic nitrogens is 1. The number of methoxy groups -OCH3 is 1. The van der Waals surface area contributed by atoms with Gasteiger partial charge in [0.05, 0.1) is 34.5 Å². The lowest BCUT2D eigenvalue weighted by atomic mass is 10.0. The van der Waals surface area contributed by atoms with Crippen molar-refractivity contribution in [3.8, 4) is 0 Å². The van der Waals surface area contributed by atoms with E-state index in [1.807, 2.05) is 6.92 Å². The number of amides is 2. The highest BCUT2D eigenvalue weighted by molar-refractivity contribution is 7.90. The number of sulfone groups is 1. The van der Waals surface area contributed by atoms with Gasteiger partial charge in [-0.3, -0.25) is 9.59 Å². The number of benzene rings is 2. The first-order chi connectivity index (χ1) is 20.0. The number of H-pyrrole nitrogens is 1. The number of carbonyl (C=O) groups excluding carboxylic acids is 3. The lowest BCUT2D eigenvalue weighted by Gasteiger charge is -2.18. The molecule has 0 unspecified atom stereocenters. The molecule has 0 radical (unpaired) electrons. The number of nitrogens with zero attached hydrogens (tertiary/aromatic N) is 1. The zero-order valence-electron chi connectivity index (χ0n) is 24.5. The average molecular weight is 593 g/mol. The highest BCUT2D eigenvalue weighted by Gasteiger charge is 2.28. The number of aromatic amines is 1. The topological polar surface area (TPSA) is 138 Å². The minimum Gasteiger partial charge on any atom is -0.465 e. The number of aryl methyl sites for hydroxylation is 1. The minimum absolute atomic E-state index is 0.0633. The monoisotopic (exact) mass is 592 g/mol. The zero-order chi connectivity index (χ0) is 30.6. The molecule has 4 rings (SSSR count). The molecule has 1 aliphatic heterocycles. The van der Waals surface area contributed by atoms with Gasteiger partial charge in [0.1, 0.15) is 0 Å². The summed E-state index contributed by atoms with van der Waals surface area (Å²) in [5, 5.41) is 5.76. The molecule has 222 valence electrons. The summed E-state index contributed by atoms with van der Waals surface area (Å²) in [6.07, 6.45) is 1.65. The smallest absolute Gasteiger partial charge is 0.337 e. The van der Waals surface area contributed by atoms with Crippen molar-refractivity contribution < 1.29 is 27.5 Å². The molecule has 11 heteroatoms. The zero-order valence-corrected chi connectivity index (χ0v) is 25.3. The lowest BCUT2D eigenvalue weighted by Crippen LogP contribution is -2.35. The number of fused-ring (bicyclic) bond motifs is 1. The SMILES string of the molecule is CCN(CC)CCNC(=O)c1c(C)[nH]c(/C=C2\C(=O)Nc3ccc(S(=O)(=O)Cc4ccc(C(=O)OC)cc4)cc32)c1C. The summed E-state index contributed by atoms with van der Waals surface area (Å²) in [6.45, 7) is 10.9. The molecule has 3 N–H and O–H groups in total. The van der Waals surface area contributed by atoms with Gasteiger partial charge in [0.2, 0.25) is 0 Å². The first-order valence-electron chi connectivity index (χ1n) is 13.8. The van der Waals surface area contributed by atoms with E-state index in [0.29, 0.717) is 57.0 Å². The van der Waals surface area contributed by atoms with Crippen LogP contribution < -0.4 is 10.6 Å². The fourth-order valence-electron chi connectivity index (χ4n) is 5.02. The number of likely N-dealkylation sites (N-methyl/N-ethyl adjacent to an activating group) is 1. The molecule has 0 fully saturated rings. The molecule has 0 saturated carbocycles. The van der Waals surface area contributed by atoms with Crippen LogP contribution in [0.2, 0.25) is 0 Å². The number of anilines is 1. The van der Waals surface area contributed by atoms with E-state index in [9.17, 15) is 22.8 Å². The van der Waals surface area contributed by atoms with E-state index in [1.165, 1.54) is 31.4 Å². The van der Waals surface area contributed by atoms with Crippen molar-refractivity contribution >= 4 is 45.0 Å². The molecule has 10 nitrogen and oxygen atoms in total. The summed E-state index contributed by atoms with van der Waals surface area (Å²) in [6, 6.07) is 10.7. The van der Waals surface area contributed by atoms with Crippen LogP contribution in [-0.4, -0.2) is 69.4 Å². The standard InChI is InChI=1S/C31H36N4O6S/c1-6-35(7-2)15-14-32-30(37)28-19(3)27(33-20(28)4)17-25-24-16-23(12-13-26(24)34-29(25)36)42(39,40)18-21-8-10-22(11-9-21)31(38)41-5/h8-13,16-17,33H,6-7,14-15,18H2,1-5H3,(H,32,37)(H,34,36)/b25-17-. The highest BCUT2D eigenvalue weighted by Crippen LogP contribution is 2.36. The Kier molecular flexibility index (Phi) is 9.33. The van der Waals surface area contributed by atoms with E-state index in [0.717, 1.165) is 19.6 Å². The minimum atomic E-state index is -3.78. The van der Waals surface area contributed by atoms with E-state index < -0.39 is 15.8 Å². The number of hydrogen-bond donors (Lipinski definition) is 3. The quantitative estimate of drug-likeness (QED) is 0.226. The summed E-state index contributed by atoms with van der Waals surface area (Å²) < 4.78 is 31.3. The van der Waals surface area contributed by atoms with Crippen LogP contribution in [0, 0.1) is 13.8 Å². The fourth-order valence-corrected chi connectivity index (χ4v) is 6.39. The molecular formula is C31H36N4O6S. The summed E-state index contributed by atoms with van der Waals surface area (Å²) in [5.41, 5.74) is 4.57. The van der Waals surface area contributed by atoms with Gasteiger partial charge in [0.15, 0.2) is 9.84 Å². The van der Waals surface area contributed by atoms with Gasteiger partial charge in [0.25, 0.3) is 11.8 Å². The van der Waals surface area contributed by atoms with Crippen molar-refractivity contribution in [2.24, 2.45) is 0 Å². The molecule has 42 heavy (non-hydrogen) atoms. The molecule has 2 aromatic carbocycles. The van der Waals surface area contributed by atoms with Crippen LogP contribution in [0.25, 0.3) is 11.6 Å². The Morgan fingerprint density at radius 2 is 1.74 bits per heavy atom. The van der Waals surface area contributed by atoms with Gasteiger partial charge in [-0.15, -0.1) is 0 Å². The lowest BCUT2D eigenvalue weighted by molar-refractivity contribution is -0.110. The van der Waals surface area contributed by atoms with Crippen molar-refractivity contribution in [3.63, 3.8) is 0 Å². The highest BCUT2D eigenvalue weighted by atomic mass is 32.2. The van der Waals surface area contributed by atoms with Crippen LogP contribution in [0.5, 0.6) is 0 Å². The number of rotatable bonds is 11. The summed E-state index contributed by atoms with van der Waals surface area (Å²) in [5.74, 6) is -1.35. The van der Waals surface area contributed by atoms with Gasteiger partial charge >= 0.3 is 5.97 Å². The van der Waals surface area contributed by atoms with Gasteiger partial charge in [-0.25, -0.2) is 13.2 Å². The van der Waals surface area contributed by atoms with Gasteiger partial charge < -0.3 is 25.3 Å². The van der Waals surface area contributed by atoms with E-state index in [1.54, 1.807) is 31.2 Å². The molecule has 2 heterocycles. The Morgan fingerprint density at radius 3 is 2.38 bits per heavy atom. The molecule has 0 saturated heterocycles. The van der Waals surface area contributed by atoms with Crippen molar-refractivity contribution in [1.82, 2.24) is 15.2 Å². The Bertz CT molecular complexity index is 1650. The maximum absolute atomic E-state index is 13.3. The van der Waals surface area contributed by atoms with Gasteiger partial charge in [-0.05, 0) is 74.5 Å². The predicted molar refractivity (Wildman–Crippen MR) is 162 cm³/mol. The Hall–Kier alpha value is -4.22. The molecule has 0 aliphatic carbocycles. The van der Waals surface area contributed by atoms with Gasteiger partial charge in [-0.2, -0.15) is 0 Å². The largest absolute Gasteiger partial charge is 0.465 e. The third-order valence-corrected chi connectivity index (χ3v) is 9.15. The number of hydrogen-bond acceptors (Lipinski definition) is 7.